The summed E-state index contributed by atoms with van der Waals surface area (Å²) < 4.78 is 113. The lowest BCUT2D eigenvalue weighted by Gasteiger charge is -2.36. The highest BCUT2D eigenvalue weighted by Gasteiger charge is 2.48. The van der Waals surface area contributed by atoms with Crippen molar-refractivity contribution in [3.05, 3.63) is 137 Å². The number of likely N-dealkylation sites (N-methyl/N-ethyl adjacent to an activating group) is 1. The molecule has 5 aromatic carbocycles. The third-order valence-corrected chi connectivity index (χ3v) is 15.9. The zero-order valence-electron chi connectivity index (χ0n) is 35.9. The largest absolute Gasteiger partial charge is 0.501 e. The van der Waals surface area contributed by atoms with E-state index >= 15 is 0 Å². The highest BCUT2D eigenvalue weighted by Crippen LogP contribution is 2.39. The zero-order chi connectivity index (χ0) is 48.6. The van der Waals surface area contributed by atoms with E-state index in [-0.39, 0.29) is 43.4 Å². The molecule has 1 amide bonds. The van der Waals surface area contributed by atoms with Gasteiger partial charge in [-0.25, -0.2) is 26.1 Å². The van der Waals surface area contributed by atoms with E-state index in [0.717, 1.165) is 39.4 Å². The van der Waals surface area contributed by atoms with E-state index in [0.29, 0.717) is 37.0 Å². The molecule has 5 aromatic rings. The fourth-order valence-electron chi connectivity index (χ4n) is 7.51. The molecule has 14 nitrogen and oxygen atoms in total. The maximum atomic E-state index is 14.2. The number of alkyl halides is 3. The van der Waals surface area contributed by atoms with Crippen molar-refractivity contribution in [2.24, 2.45) is 5.92 Å². The lowest BCUT2D eigenvalue weighted by Crippen LogP contribution is -2.36. The first kappa shape index (κ1) is 51.9. The van der Waals surface area contributed by atoms with Gasteiger partial charge in [0.2, 0.25) is 0 Å². The zero-order valence-corrected chi connectivity index (χ0v) is 40.0. The number of benzene rings is 5. The molecule has 5 N–H and O–H groups in total. The number of hydrogen-bond donors (Lipinski definition) is 5. The third-order valence-electron chi connectivity index (χ3n) is 11.1. The predicted molar refractivity (Wildman–Crippen MR) is 252 cm³/mol. The molecule has 0 aliphatic carbocycles. The van der Waals surface area contributed by atoms with Crippen molar-refractivity contribution in [3.8, 4) is 11.1 Å². The molecule has 67 heavy (non-hydrogen) atoms. The van der Waals surface area contributed by atoms with E-state index in [1.165, 1.54) is 23.9 Å². The summed E-state index contributed by atoms with van der Waals surface area (Å²) in [6, 6.07) is 31.5. The number of aliphatic hydroxyl groups excluding tert-OH is 1. The van der Waals surface area contributed by atoms with Gasteiger partial charge in [0, 0.05) is 52.6 Å². The average Bonchev–Trinajstić information content (AvgIpc) is 3.29. The Hall–Kier alpha value is -4.47. The van der Waals surface area contributed by atoms with Crippen LogP contribution in [-0.4, -0.2) is 99.7 Å². The van der Waals surface area contributed by atoms with Gasteiger partial charge in [0.15, 0.2) is 0 Å². The molecular weight excluding hydrogens is 976 g/mol. The molecule has 1 unspecified atom stereocenters. The molecule has 0 saturated carbocycles. The number of carbonyl (C=O) groups is 1. The normalized spacial score (nSPS) is 15.0. The lowest BCUT2D eigenvalue weighted by molar-refractivity contribution is -0.0436. The third kappa shape index (κ3) is 14.1. The van der Waals surface area contributed by atoms with Crippen LogP contribution >= 0.6 is 31.2 Å². The minimum absolute atomic E-state index is 0.0407. The molecule has 0 bridgehead atoms. The van der Waals surface area contributed by atoms with Gasteiger partial charge < -0.3 is 30.0 Å². The Labute approximate surface area is 396 Å². The number of phosphoric acid groups is 1. The first-order valence-electron chi connectivity index (χ1n) is 20.8. The number of nitrogens with one attached hydrogen (secondary N) is 2. The number of amides is 1. The van der Waals surface area contributed by atoms with Gasteiger partial charge in [-0.1, -0.05) is 66.2 Å². The van der Waals surface area contributed by atoms with Gasteiger partial charge >= 0.3 is 13.3 Å². The molecule has 360 valence electrons. The van der Waals surface area contributed by atoms with Gasteiger partial charge in [-0.3, -0.25) is 9.32 Å². The van der Waals surface area contributed by atoms with Gasteiger partial charge in [0.25, 0.3) is 25.8 Å². The fraction of sp³-hybridized carbons (Fsp3) is 0.311. The summed E-state index contributed by atoms with van der Waals surface area (Å²) in [6.07, 6.45) is 0.773. The van der Waals surface area contributed by atoms with Crippen molar-refractivity contribution in [3.63, 3.8) is 0 Å². The average molecular weight is 1030 g/mol. The van der Waals surface area contributed by atoms with Gasteiger partial charge in [0.05, 0.1) is 23.3 Å². The highest BCUT2D eigenvalue weighted by molar-refractivity contribution is 7.99. The van der Waals surface area contributed by atoms with E-state index in [2.05, 4.69) is 14.7 Å². The molecule has 0 radical (unpaired) electrons. The van der Waals surface area contributed by atoms with Crippen LogP contribution in [-0.2, 0) is 28.9 Å². The molecule has 2 atom stereocenters. The number of piperidine rings is 1. The van der Waals surface area contributed by atoms with Crippen LogP contribution in [0.25, 0.3) is 11.1 Å². The van der Waals surface area contributed by atoms with Crippen molar-refractivity contribution in [2.75, 3.05) is 55.8 Å². The van der Waals surface area contributed by atoms with E-state index in [1.54, 1.807) is 66.5 Å². The molecule has 1 aliphatic heterocycles. The Balaban J connectivity index is 1.13. The van der Waals surface area contributed by atoms with Crippen LogP contribution in [0.5, 0.6) is 0 Å². The summed E-state index contributed by atoms with van der Waals surface area (Å²) in [4.78, 5) is 33.5. The number of phosphoric ester groups is 1. The first-order chi connectivity index (χ1) is 31.6. The van der Waals surface area contributed by atoms with Crippen molar-refractivity contribution in [1.82, 2.24) is 9.62 Å². The monoisotopic (exact) mass is 1020 g/mol. The topological polar surface area (TPSA) is 203 Å². The number of aliphatic hydroxyl groups is 1. The Bertz CT molecular complexity index is 2750. The van der Waals surface area contributed by atoms with Crippen LogP contribution in [0.3, 0.4) is 0 Å². The molecule has 22 heteroatoms. The summed E-state index contributed by atoms with van der Waals surface area (Å²) in [5.74, 6) is -0.941. The molecular formula is C45H49ClF3N4O10PS3. The number of carbonyl (C=O) groups excluding carboxylic acids is 1. The second-order valence-electron chi connectivity index (χ2n) is 15.8. The Kier molecular flexibility index (Phi) is 17.3. The van der Waals surface area contributed by atoms with Gasteiger partial charge in [-0.15, -0.1) is 11.8 Å². The minimum Gasteiger partial charge on any atom is -0.388 e. The Morgan fingerprint density at radius 2 is 1.55 bits per heavy atom. The smallest absolute Gasteiger partial charge is 0.388 e. The Morgan fingerprint density at radius 3 is 2.19 bits per heavy atom. The van der Waals surface area contributed by atoms with Crippen molar-refractivity contribution < 1.29 is 58.8 Å². The second-order valence-corrected chi connectivity index (χ2v) is 22.2. The number of nitrogens with zero attached hydrogens (tertiary/aromatic N) is 2. The number of rotatable bonds is 20. The molecule has 0 aromatic heterocycles. The molecule has 1 fully saturated rings. The number of hydrogen-bond acceptors (Lipinski definition) is 12. The van der Waals surface area contributed by atoms with E-state index in [1.807, 2.05) is 41.1 Å². The highest BCUT2D eigenvalue weighted by atomic mass is 35.5. The van der Waals surface area contributed by atoms with Crippen LogP contribution in [0, 0.1) is 5.92 Å². The quantitative estimate of drug-likeness (QED) is 0.0368. The Morgan fingerprint density at radius 1 is 0.910 bits per heavy atom. The second kappa shape index (κ2) is 22.3. The SMILES string of the molecule is CN(CCOP(=O)(O)O)CCC(CSc1ccccc1)Nc1ccc(S(=O)(=O)NC(=O)c2ccc(N3CCC([C@H](O)c4ccccc4-c4ccc(Cl)cc4)CC3)cc2)cc1S(=O)(=O)C(F)(F)F. The van der Waals surface area contributed by atoms with Crippen LogP contribution in [0.2, 0.25) is 5.02 Å². The van der Waals surface area contributed by atoms with Crippen LogP contribution < -0.4 is 14.9 Å². The summed E-state index contributed by atoms with van der Waals surface area (Å²) in [5.41, 5.74) is -3.06. The van der Waals surface area contributed by atoms with Gasteiger partial charge in [-0.2, -0.15) is 13.2 Å². The minimum atomic E-state index is -6.16. The maximum absolute atomic E-state index is 14.2. The van der Waals surface area contributed by atoms with E-state index in [4.69, 9.17) is 21.4 Å². The van der Waals surface area contributed by atoms with Gasteiger partial charge in [-0.05, 0) is 122 Å². The summed E-state index contributed by atoms with van der Waals surface area (Å²) in [7, 11) is -14.2. The summed E-state index contributed by atoms with van der Waals surface area (Å²) in [6.45, 7) is 1.15. The predicted octanol–water partition coefficient (Wildman–Crippen LogP) is 8.37. The van der Waals surface area contributed by atoms with E-state index < -0.39 is 66.7 Å². The van der Waals surface area contributed by atoms with Crippen molar-refractivity contribution in [2.45, 2.75) is 51.6 Å². The standard InChI is InChI=1S/C45H49ClF3N4O10PS3/c1-52(27-28-63-64(56,57)58)24-23-35(30-65-37-7-3-2-4-8-37)50-41-20-19-38(29-42(41)66(59,60)45(47,48)49)67(61,62)51-44(55)33-13-17-36(18-14-33)53-25-21-32(22-26-53)43(54)40-10-6-5-9-39(40)31-11-15-34(46)16-12-31/h2-20,29,32,35,43,50,54H,21-28,30H2,1H3,(H,51,55)(H2,56,57,58)/t35?,43-/m0/s1. The van der Waals surface area contributed by atoms with Gasteiger partial charge in [0.1, 0.15) is 4.90 Å². The molecule has 1 aliphatic rings. The molecule has 6 rings (SSSR count). The lowest BCUT2D eigenvalue weighted by atomic mass is 9.84. The van der Waals surface area contributed by atoms with Crippen LogP contribution in [0.4, 0.5) is 24.5 Å². The first-order valence-corrected chi connectivity index (χ1v) is 26.7. The van der Waals surface area contributed by atoms with E-state index in [9.17, 15) is 44.5 Å². The number of sulfonamides is 1. The van der Waals surface area contributed by atoms with Crippen LogP contribution in [0.15, 0.2) is 136 Å². The summed E-state index contributed by atoms with van der Waals surface area (Å²) in [5, 5.41) is 15.0. The number of halogens is 4. The fourth-order valence-corrected chi connectivity index (χ4v) is 11.0. The molecule has 0 spiro atoms. The number of thioether (sulfide) groups is 1. The molecule has 1 saturated heterocycles. The molecule has 1 heterocycles. The maximum Gasteiger partial charge on any atom is 0.501 e. The number of sulfone groups is 1. The van der Waals surface area contributed by atoms with Crippen LogP contribution in [0.1, 0.15) is 41.3 Å². The van der Waals surface area contributed by atoms with Crippen molar-refractivity contribution >= 4 is 68.3 Å². The number of anilines is 2. The van der Waals surface area contributed by atoms with Crippen molar-refractivity contribution in [1.29, 1.82) is 0 Å². The summed E-state index contributed by atoms with van der Waals surface area (Å²) >= 11 is 7.41.